The molecule has 7 nitrogen and oxygen atoms in total. The minimum atomic E-state index is -0.331. The van der Waals surface area contributed by atoms with Crippen LogP contribution in [0, 0.1) is 5.82 Å². The molecular formula is C23H22FN3O4S. The Morgan fingerprint density at radius 2 is 1.88 bits per heavy atom. The van der Waals surface area contributed by atoms with Gasteiger partial charge in [0.05, 0.1) is 25.0 Å². The maximum Gasteiger partial charge on any atom is 0.277 e. The highest BCUT2D eigenvalue weighted by Gasteiger charge is 2.31. The number of amides is 1. The summed E-state index contributed by atoms with van der Waals surface area (Å²) < 4.78 is 30.3. The van der Waals surface area contributed by atoms with E-state index in [1.807, 2.05) is 23.1 Å². The zero-order valence-corrected chi connectivity index (χ0v) is 18.1. The van der Waals surface area contributed by atoms with Crippen LogP contribution in [-0.2, 0) is 4.79 Å². The highest BCUT2D eigenvalue weighted by Crippen LogP contribution is 2.38. The highest BCUT2D eigenvalue weighted by atomic mass is 32.2. The van der Waals surface area contributed by atoms with Crippen LogP contribution in [0.15, 0.2) is 52.1 Å². The summed E-state index contributed by atoms with van der Waals surface area (Å²) in [5.41, 5.74) is 1.69. The molecule has 0 spiro atoms. The van der Waals surface area contributed by atoms with E-state index < -0.39 is 0 Å². The maximum absolute atomic E-state index is 13.1. The Labute approximate surface area is 188 Å². The molecule has 1 atom stereocenters. The van der Waals surface area contributed by atoms with Crippen LogP contribution in [-0.4, -0.2) is 46.5 Å². The van der Waals surface area contributed by atoms with Gasteiger partial charge < -0.3 is 18.8 Å². The van der Waals surface area contributed by atoms with E-state index in [2.05, 4.69) is 10.2 Å². The SMILES string of the molecule is O=C(CSc1nnc(-c2ccc(F)cc2)o1)N1CCCC1c1ccc2c(c1)OCCCO2. The van der Waals surface area contributed by atoms with Gasteiger partial charge >= 0.3 is 0 Å². The Bertz CT molecular complexity index is 1100. The summed E-state index contributed by atoms with van der Waals surface area (Å²) in [7, 11) is 0. The fourth-order valence-corrected chi connectivity index (χ4v) is 4.63. The first-order chi connectivity index (χ1) is 15.7. The van der Waals surface area contributed by atoms with Gasteiger partial charge in [-0.3, -0.25) is 4.79 Å². The Morgan fingerprint density at radius 3 is 2.72 bits per heavy atom. The smallest absolute Gasteiger partial charge is 0.277 e. The summed E-state index contributed by atoms with van der Waals surface area (Å²) in [5.74, 6) is 1.69. The topological polar surface area (TPSA) is 77.7 Å². The summed E-state index contributed by atoms with van der Waals surface area (Å²) in [5, 5.41) is 8.30. The molecule has 0 bridgehead atoms. The third-order valence-corrected chi connectivity index (χ3v) is 6.35. The van der Waals surface area contributed by atoms with Crippen molar-refractivity contribution in [3.05, 3.63) is 53.8 Å². The summed E-state index contributed by atoms with van der Waals surface area (Å²) in [4.78, 5) is 14.9. The summed E-state index contributed by atoms with van der Waals surface area (Å²) >= 11 is 1.21. The Balaban J connectivity index is 1.24. The molecule has 166 valence electrons. The van der Waals surface area contributed by atoms with Crippen LogP contribution >= 0.6 is 11.8 Å². The molecule has 1 fully saturated rings. The van der Waals surface area contributed by atoms with Crippen LogP contribution in [0.25, 0.3) is 11.5 Å². The van der Waals surface area contributed by atoms with Crippen molar-refractivity contribution in [2.45, 2.75) is 30.5 Å². The van der Waals surface area contributed by atoms with E-state index in [9.17, 15) is 9.18 Å². The monoisotopic (exact) mass is 455 g/mol. The van der Waals surface area contributed by atoms with Crippen molar-refractivity contribution in [3.63, 3.8) is 0 Å². The number of carbonyl (C=O) groups excluding carboxylic acids is 1. The van der Waals surface area contributed by atoms with Gasteiger partial charge in [-0.1, -0.05) is 17.8 Å². The molecule has 0 saturated carbocycles. The fourth-order valence-electron chi connectivity index (χ4n) is 3.98. The second-order valence-corrected chi connectivity index (χ2v) is 8.60. The number of rotatable bonds is 5. The van der Waals surface area contributed by atoms with Crippen molar-refractivity contribution in [1.82, 2.24) is 15.1 Å². The first-order valence-electron chi connectivity index (χ1n) is 10.6. The summed E-state index contributed by atoms with van der Waals surface area (Å²) in [6, 6.07) is 11.8. The number of aromatic nitrogens is 2. The lowest BCUT2D eigenvalue weighted by atomic mass is 10.0. The maximum atomic E-state index is 13.1. The Kier molecular flexibility index (Phi) is 5.98. The molecule has 32 heavy (non-hydrogen) atoms. The Morgan fingerprint density at radius 1 is 1.06 bits per heavy atom. The number of ether oxygens (including phenoxy) is 2. The van der Waals surface area contributed by atoms with Gasteiger partial charge in [-0.2, -0.15) is 0 Å². The number of hydrogen-bond acceptors (Lipinski definition) is 7. The molecule has 2 aromatic carbocycles. The minimum absolute atomic E-state index is 0.0118. The predicted molar refractivity (Wildman–Crippen MR) is 116 cm³/mol. The number of thioether (sulfide) groups is 1. The minimum Gasteiger partial charge on any atom is -0.490 e. The standard InChI is InChI=1S/C23H22FN3O4S/c24-17-7-4-15(5-8-17)22-25-26-23(31-22)32-14-21(28)27-10-1-3-18(27)16-6-9-19-20(13-16)30-12-2-11-29-19/h4-9,13,18H,1-3,10-12,14H2. The third-order valence-electron chi connectivity index (χ3n) is 5.55. The molecule has 1 aromatic heterocycles. The van der Waals surface area contributed by atoms with E-state index in [0.717, 1.165) is 36.3 Å². The average molecular weight is 456 g/mol. The fraction of sp³-hybridized carbons (Fsp3) is 0.348. The van der Waals surface area contributed by atoms with E-state index in [1.54, 1.807) is 12.1 Å². The largest absolute Gasteiger partial charge is 0.490 e. The number of benzene rings is 2. The van der Waals surface area contributed by atoms with Gasteiger partial charge in [-0.15, -0.1) is 10.2 Å². The van der Waals surface area contributed by atoms with Gasteiger partial charge in [-0.25, -0.2) is 4.39 Å². The number of likely N-dealkylation sites (tertiary alicyclic amines) is 1. The van der Waals surface area contributed by atoms with Gasteiger partial charge in [0, 0.05) is 18.5 Å². The number of carbonyl (C=O) groups is 1. The van der Waals surface area contributed by atoms with Crippen LogP contribution in [0.1, 0.15) is 30.9 Å². The number of hydrogen-bond donors (Lipinski definition) is 0. The van der Waals surface area contributed by atoms with Gasteiger partial charge in [0.1, 0.15) is 5.82 Å². The first kappa shape index (κ1) is 20.8. The van der Waals surface area contributed by atoms with Crippen molar-refractivity contribution in [1.29, 1.82) is 0 Å². The van der Waals surface area contributed by atoms with Crippen LogP contribution in [0.4, 0.5) is 4.39 Å². The zero-order valence-electron chi connectivity index (χ0n) is 17.3. The zero-order chi connectivity index (χ0) is 21.9. The molecule has 1 amide bonds. The number of nitrogens with zero attached hydrogens (tertiary/aromatic N) is 3. The predicted octanol–water partition coefficient (Wildman–Crippen LogP) is 4.49. The highest BCUT2D eigenvalue weighted by molar-refractivity contribution is 7.99. The lowest BCUT2D eigenvalue weighted by molar-refractivity contribution is -0.129. The molecule has 2 aliphatic heterocycles. The molecule has 0 aliphatic carbocycles. The van der Waals surface area contributed by atoms with Gasteiger partial charge in [0.15, 0.2) is 11.5 Å². The van der Waals surface area contributed by atoms with Crippen LogP contribution < -0.4 is 9.47 Å². The molecule has 5 rings (SSSR count). The van der Waals surface area contributed by atoms with E-state index in [-0.39, 0.29) is 23.5 Å². The molecule has 1 unspecified atom stereocenters. The molecule has 3 heterocycles. The molecule has 3 aromatic rings. The number of halogens is 1. The van der Waals surface area contributed by atoms with E-state index in [0.29, 0.717) is 36.4 Å². The molecular weight excluding hydrogens is 433 g/mol. The average Bonchev–Trinajstić information content (AvgIpc) is 3.43. The van der Waals surface area contributed by atoms with Gasteiger partial charge in [0.2, 0.25) is 11.8 Å². The van der Waals surface area contributed by atoms with Crippen molar-refractivity contribution < 1.29 is 23.1 Å². The Hall–Kier alpha value is -3.07. The second-order valence-electron chi connectivity index (χ2n) is 7.67. The molecule has 2 aliphatic rings. The summed E-state index contributed by atoms with van der Waals surface area (Å²) in [6.45, 7) is 1.99. The van der Waals surface area contributed by atoms with Gasteiger partial charge in [0.25, 0.3) is 5.22 Å². The molecule has 1 saturated heterocycles. The first-order valence-corrected chi connectivity index (χ1v) is 11.6. The molecule has 0 N–H and O–H groups in total. The van der Waals surface area contributed by atoms with Crippen LogP contribution in [0.2, 0.25) is 0 Å². The third kappa shape index (κ3) is 4.43. The second kappa shape index (κ2) is 9.20. The van der Waals surface area contributed by atoms with E-state index >= 15 is 0 Å². The lowest BCUT2D eigenvalue weighted by Crippen LogP contribution is -2.32. The lowest BCUT2D eigenvalue weighted by Gasteiger charge is -2.25. The van der Waals surface area contributed by atoms with Crippen LogP contribution in [0.3, 0.4) is 0 Å². The van der Waals surface area contributed by atoms with Gasteiger partial charge in [-0.05, 0) is 54.8 Å². The van der Waals surface area contributed by atoms with E-state index in [1.165, 1.54) is 23.9 Å². The summed E-state index contributed by atoms with van der Waals surface area (Å²) in [6.07, 6.45) is 2.71. The van der Waals surface area contributed by atoms with Crippen molar-refractivity contribution in [2.24, 2.45) is 0 Å². The normalized spacial score (nSPS) is 17.9. The van der Waals surface area contributed by atoms with Crippen molar-refractivity contribution >= 4 is 17.7 Å². The van der Waals surface area contributed by atoms with Crippen molar-refractivity contribution in [3.8, 4) is 23.0 Å². The number of fused-ring (bicyclic) bond motifs is 1. The molecule has 9 heteroatoms. The van der Waals surface area contributed by atoms with Crippen LogP contribution in [0.5, 0.6) is 11.5 Å². The quantitative estimate of drug-likeness (QED) is 0.525. The molecule has 0 radical (unpaired) electrons. The van der Waals surface area contributed by atoms with Crippen molar-refractivity contribution in [2.75, 3.05) is 25.5 Å². The van der Waals surface area contributed by atoms with E-state index in [4.69, 9.17) is 13.9 Å².